The number of halogens is 1. The number of hydrogen-bond acceptors (Lipinski definition) is 4. The number of hydrogen-bond donors (Lipinski definition) is 1. The van der Waals surface area contributed by atoms with Gasteiger partial charge in [-0.1, -0.05) is 48.0 Å². The van der Waals surface area contributed by atoms with E-state index in [1.807, 2.05) is 49.8 Å². The summed E-state index contributed by atoms with van der Waals surface area (Å²) in [6.45, 7) is 5.90. The Morgan fingerprint density at radius 2 is 2.07 bits per heavy atom. The van der Waals surface area contributed by atoms with Gasteiger partial charge >= 0.3 is 0 Å². The van der Waals surface area contributed by atoms with Gasteiger partial charge in [-0.2, -0.15) is 0 Å². The summed E-state index contributed by atoms with van der Waals surface area (Å²) in [4.78, 5) is 4.20. The molecule has 29 heavy (non-hydrogen) atoms. The third-order valence-electron chi connectivity index (χ3n) is 3.90. The molecule has 156 valence electrons. The molecule has 0 amide bonds. The summed E-state index contributed by atoms with van der Waals surface area (Å²) >= 11 is 3.43. The fraction of sp³-hybridized carbons (Fsp3) is 0.286. The predicted octanol–water partition coefficient (Wildman–Crippen LogP) is 5.12. The minimum absolute atomic E-state index is 0.114. The molecule has 0 saturated heterocycles. The van der Waals surface area contributed by atoms with Crippen LogP contribution in [-0.2, 0) is 10.0 Å². The van der Waals surface area contributed by atoms with Gasteiger partial charge in [-0.05, 0) is 41.6 Å². The first-order valence-electron chi connectivity index (χ1n) is 9.27. The number of aryl methyl sites for hydroxylation is 1. The second-order valence-corrected chi connectivity index (χ2v) is 8.88. The summed E-state index contributed by atoms with van der Waals surface area (Å²) in [6, 6.07) is 5.16. The Kier molecular flexibility index (Phi) is 8.28. The molecule has 0 radical (unpaired) electrons. The average molecular weight is 480 g/mol. The van der Waals surface area contributed by atoms with Crippen LogP contribution in [0.4, 0.5) is 5.69 Å². The molecule has 2 aromatic rings. The van der Waals surface area contributed by atoms with Gasteiger partial charge < -0.3 is 9.30 Å². The van der Waals surface area contributed by atoms with Crippen LogP contribution in [0.5, 0.6) is 5.75 Å². The van der Waals surface area contributed by atoms with Gasteiger partial charge in [0.2, 0.25) is 10.0 Å². The number of ether oxygens (including phenoxy) is 1. The van der Waals surface area contributed by atoms with Gasteiger partial charge in [-0.15, -0.1) is 0 Å². The molecule has 8 heteroatoms. The zero-order chi connectivity index (χ0) is 21.4. The van der Waals surface area contributed by atoms with Crippen LogP contribution in [0.25, 0.3) is 5.69 Å². The van der Waals surface area contributed by atoms with E-state index in [2.05, 4.69) is 25.6 Å². The van der Waals surface area contributed by atoms with Crippen LogP contribution in [-0.4, -0.2) is 30.8 Å². The molecule has 0 bridgehead atoms. The van der Waals surface area contributed by atoms with E-state index in [4.69, 9.17) is 4.74 Å². The first-order valence-corrected chi connectivity index (χ1v) is 11.7. The highest BCUT2D eigenvalue weighted by molar-refractivity contribution is 9.11. The van der Waals surface area contributed by atoms with E-state index in [0.29, 0.717) is 17.0 Å². The molecule has 0 atom stereocenters. The minimum Gasteiger partial charge on any atom is -0.494 e. The van der Waals surface area contributed by atoms with Crippen molar-refractivity contribution in [2.75, 3.05) is 17.6 Å². The lowest BCUT2D eigenvalue weighted by Crippen LogP contribution is -2.17. The molecule has 6 nitrogen and oxygen atoms in total. The van der Waals surface area contributed by atoms with Crippen LogP contribution in [0.15, 0.2) is 65.1 Å². The number of nitrogens with one attached hydrogen (secondary N) is 1. The van der Waals surface area contributed by atoms with Gasteiger partial charge in [0, 0.05) is 12.3 Å². The molecule has 0 unspecified atom stereocenters. The van der Waals surface area contributed by atoms with Gasteiger partial charge in [0.25, 0.3) is 0 Å². The van der Waals surface area contributed by atoms with Crippen LogP contribution in [0.3, 0.4) is 0 Å². The zero-order valence-electron chi connectivity index (χ0n) is 17.0. The second-order valence-electron chi connectivity index (χ2n) is 6.14. The van der Waals surface area contributed by atoms with Crippen molar-refractivity contribution in [2.24, 2.45) is 0 Å². The molecule has 0 spiro atoms. The Balaban J connectivity index is 0.00000145. The molecule has 1 aromatic heterocycles. The van der Waals surface area contributed by atoms with Gasteiger partial charge in [0.1, 0.15) is 5.75 Å². The lowest BCUT2D eigenvalue weighted by molar-refractivity contribution is 0.413. The normalized spacial score (nSPS) is 13.6. The largest absolute Gasteiger partial charge is 0.494 e. The number of benzene rings is 1. The van der Waals surface area contributed by atoms with E-state index in [-0.39, 0.29) is 5.75 Å². The van der Waals surface area contributed by atoms with E-state index < -0.39 is 10.0 Å². The molecule has 1 aliphatic carbocycles. The Bertz CT molecular complexity index is 1040. The third-order valence-corrected chi connectivity index (χ3v) is 5.71. The number of imidazole rings is 1. The molecule has 1 aliphatic rings. The summed E-state index contributed by atoms with van der Waals surface area (Å²) in [6.07, 6.45) is 11.8. The highest BCUT2D eigenvalue weighted by Crippen LogP contribution is 2.28. The summed E-state index contributed by atoms with van der Waals surface area (Å²) in [5, 5.41) is 0. The van der Waals surface area contributed by atoms with Crippen molar-refractivity contribution in [1.82, 2.24) is 9.55 Å². The third kappa shape index (κ3) is 6.61. The lowest BCUT2D eigenvalue weighted by atomic mass is 10.2. The smallest absolute Gasteiger partial charge is 0.236 e. The van der Waals surface area contributed by atoms with Gasteiger partial charge in [0.05, 0.1) is 36.3 Å². The maximum absolute atomic E-state index is 12.6. The van der Waals surface area contributed by atoms with Crippen molar-refractivity contribution < 1.29 is 13.2 Å². The maximum Gasteiger partial charge on any atom is 0.236 e. The molecule has 1 heterocycles. The summed E-state index contributed by atoms with van der Waals surface area (Å²) in [5.41, 5.74) is 2.82. The van der Waals surface area contributed by atoms with Crippen LogP contribution in [0.1, 0.15) is 26.0 Å². The number of sulfonamides is 1. The standard InChI is InChI=1S/C19H20BrN3O3S.C2H6/c1-14-11-23(13-21-14)18-8-7-17(10-19(18)26-2)22-27(24,25)12-15-5-3-4-6-16(20)9-15;1-2/h3-5,7-11,13,22H,6,12H2,1-2H3;1-2H3. The fourth-order valence-electron chi connectivity index (χ4n) is 2.71. The Labute approximate surface area is 181 Å². The number of anilines is 1. The molecular weight excluding hydrogens is 454 g/mol. The molecule has 1 aromatic carbocycles. The zero-order valence-corrected chi connectivity index (χ0v) is 19.4. The number of nitrogens with zero attached hydrogens (tertiary/aromatic N) is 2. The quantitative estimate of drug-likeness (QED) is 0.623. The topological polar surface area (TPSA) is 73.2 Å². The fourth-order valence-corrected chi connectivity index (χ4v) is 4.37. The lowest BCUT2D eigenvalue weighted by Gasteiger charge is -2.13. The van der Waals surface area contributed by atoms with Crippen molar-refractivity contribution in [2.45, 2.75) is 27.2 Å². The number of allylic oxidation sites excluding steroid dienone is 5. The van der Waals surface area contributed by atoms with Crippen molar-refractivity contribution in [3.8, 4) is 11.4 Å². The molecule has 0 aliphatic heterocycles. The SMILES string of the molecule is CC.COc1cc(NS(=O)(=O)CC2=CC=CCC(Br)=C2)ccc1-n1cnc(C)c1. The second kappa shape index (κ2) is 10.5. The molecule has 3 rings (SSSR count). The number of aromatic nitrogens is 2. The molecular formula is C21H26BrN3O3S. The predicted molar refractivity (Wildman–Crippen MR) is 122 cm³/mol. The van der Waals surface area contributed by atoms with Crippen molar-refractivity contribution in [1.29, 1.82) is 0 Å². The van der Waals surface area contributed by atoms with E-state index in [9.17, 15) is 8.42 Å². The Morgan fingerprint density at radius 1 is 1.31 bits per heavy atom. The van der Waals surface area contributed by atoms with Crippen molar-refractivity contribution >= 4 is 31.6 Å². The monoisotopic (exact) mass is 479 g/mol. The summed E-state index contributed by atoms with van der Waals surface area (Å²) < 4.78 is 36.0. The van der Waals surface area contributed by atoms with E-state index in [0.717, 1.165) is 22.3 Å². The highest BCUT2D eigenvalue weighted by Gasteiger charge is 2.15. The molecule has 1 N–H and O–H groups in total. The highest BCUT2D eigenvalue weighted by atomic mass is 79.9. The Morgan fingerprint density at radius 3 is 2.72 bits per heavy atom. The van der Waals surface area contributed by atoms with Gasteiger partial charge in [0.15, 0.2) is 0 Å². The minimum atomic E-state index is -3.56. The average Bonchev–Trinajstić information content (AvgIpc) is 3.01. The first kappa shape index (κ1) is 23.0. The first-order chi connectivity index (χ1) is 13.9. The molecule has 0 saturated carbocycles. The van der Waals surface area contributed by atoms with Crippen LogP contribution < -0.4 is 9.46 Å². The Hall–Kier alpha value is -2.32. The number of methoxy groups -OCH3 is 1. The van der Waals surface area contributed by atoms with Crippen LogP contribution >= 0.6 is 15.9 Å². The van der Waals surface area contributed by atoms with E-state index in [1.165, 1.54) is 0 Å². The molecule has 0 fully saturated rings. The van der Waals surface area contributed by atoms with Crippen molar-refractivity contribution in [3.63, 3.8) is 0 Å². The van der Waals surface area contributed by atoms with Crippen LogP contribution in [0.2, 0.25) is 0 Å². The van der Waals surface area contributed by atoms with Gasteiger partial charge in [-0.25, -0.2) is 13.4 Å². The van der Waals surface area contributed by atoms with E-state index >= 15 is 0 Å². The van der Waals surface area contributed by atoms with E-state index in [1.54, 1.807) is 37.7 Å². The van der Waals surface area contributed by atoms with Gasteiger partial charge in [-0.3, -0.25) is 4.72 Å². The summed E-state index contributed by atoms with van der Waals surface area (Å²) in [7, 11) is -2.02. The maximum atomic E-state index is 12.6. The van der Waals surface area contributed by atoms with Crippen molar-refractivity contribution in [3.05, 3.63) is 70.8 Å². The van der Waals surface area contributed by atoms with Crippen LogP contribution in [0, 0.1) is 6.92 Å². The summed E-state index contributed by atoms with van der Waals surface area (Å²) in [5.74, 6) is 0.434. The number of rotatable bonds is 6.